The van der Waals surface area contributed by atoms with Gasteiger partial charge in [-0.25, -0.2) is 4.98 Å². The van der Waals surface area contributed by atoms with Gasteiger partial charge in [-0.3, -0.25) is 0 Å². The van der Waals surface area contributed by atoms with Crippen LogP contribution in [0, 0.1) is 6.92 Å². The topological polar surface area (TPSA) is 149 Å². The lowest BCUT2D eigenvalue weighted by atomic mass is 9.99. The van der Waals surface area contributed by atoms with Gasteiger partial charge in [0.25, 0.3) is 0 Å². The van der Waals surface area contributed by atoms with Crippen LogP contribution < -0.4 is 29.9 Å². The molecule has 1 heterocycles. The van der Waals surface area contributed by atoms with E-state index in [4.69, 9.17) is 29.9 Å². The van der Waals surface area contributed by atoms with Crippen LogP contribution in [0.2, 0.25) is 0 Å². The molecule has 0 fully saturated rings. The molecule has 4 aromatic rings. The molecule has 0 radical (unpaired) electrons. The van der Waals surface area contributed by atoms with Gasteiger partial charge in [0.1, 0.15) is 39.0 Å². The van der Waals surface area contributed by atoms with Crippen LogP contribution in [0.15, 0.2) is 59.6 Å². The normalized spacial score (nSPS) is 12.0. The summed E-state index contributed by atoms with van der Waals surface area (Å²) in [4.78, 5) is 7.32. The van der Waals surface area contributed by atoms with E-state index in [0.29, 0.717) is 17.2 Å². The number of aryl methyl sites for hydroxylation is 1. The smallest absolute Gasteiger partial charge is 0.420 e. The Morgan fingerprint density at radius 3 is 1.58 bits per heavy atom. The predicted octanol–water partition coefficient (Wildman–Crippen LogP) is 8.50. The van der Waals surface area contributed by atoms with E-state index >= 15 is 0 Å². The fraction of sp³-hybridized carbons (Fsp3) is 0.333. The average Bonchev–Trinajstić information content (AvgIpc) is 3.01. The van der Waals surface area contributed by atoms with Crippen LogP contribution in [0.3, 0.4) is 0 Å². The quantitative estimate of drug-likeness (QED) is 0.127. The van der Waals surface area contributed by atoms with Crippen molar-refractivity contribution in [2.75, 3.05) is 25.7 Å². The van der Waals surface area contributed by atoms with Gasteiger partial charge in [0.15, 0.2) is 11.6 Å². The molecule has 17 heteroatoms. The molecule has 4 rings (SSSR count). The number of nitrogens with zero attached hydrogens (tertiary/aromatic N) is 2. The first-order valence-corrected chi connectivity index (χ1v) is 16.1. The van der Waals surface area contributed by atoms with Crippen molar-refractivity contribution in [2.24, 2.45) is 0 Å². The van der Waals surface area contributed by atoms with E-state index in [0.717, 1.165) is 24.8 Å². The van der Waals surface area contributed by atoms with Gasteiger partial charge < -0.3 is 29.9 Å². The zero-order valence-corrected chi connectivity index (χ0v) is 28.8. The second kappa shape index (κ2) is 15.3. The van der Waals surface area contributed by atoms with Gasteiger partial charge in [-0.2, -0.15) is 39.7 Å². The molecule has 0 aliphatic carbocycles. The lowest BCUT2D eigenvalue weighted by Crippen LogP contribution is -2.14. The zero-order chi connectivity index (χ0) is 37.8. The number of halogens is 6. The van der Waals surface area contributed by atoms with Crippen LogP contribution in [0.4, 0.5) is 38.1 Å². The molecule has 272 valence electrons. The molecule has 3 aromatic carbocycles. The second-order valence-corrected chi connectivity index (χ2v) is 13.0. The van der Waals surface area contributed by atoms with Crippen molar-refractivity contribution < 1.29 is 53.2 Å². The van der Waals surface area contributed by atoms with Gasteiger partial charge in [-0.05, 0) is 55.2 Å². The summed E-state index contributed by atoms with van der Waals surface area (Å²) in [6.45, 7) is 8.85. The van der Waals surface area contributed by atoms with Crippen LogP contribution in [0.5, 0.6) is 28.7 Å². The van der Waals surface area contributed by atoms with Crippen LogP contribution in [0.1, 0.15) is 67.3 Å². The lowest BCUT2D eigenvalue weighted by Gasteiger charge is -2.19. The van der Waals surface area contributed by atoms with Gasteiger partial charge in [-0.1, -0.05) is 45.4 Å². The number of aromatic nitrogens is 2. The minimum Gasteiger partial charge on any atom is -0.496 e. The number of nitrogen functional groups attached to an aromatic ring is 2. The summed E-state index contributed by atoms with van der Waals surface area (Å²) in [5.74, 6) is -1.55. The summed E-state index contributed by atoms with van der Waals surface area (Å²) < 4.78 is 125. The average molecular weight is 731 g/mol. The first kappa shape index (κ1) is 39.5. The molecule has 0 amide bonds. The van der Waals surface area contributed by atoms with E-state index in [2.05, 4.69) is 9.97 Å². The van der Waals surface area contributed by atoms with E-state index in [9.17, 15) is 34.8 Å². The zero-order valence-electron chi connectivity index (χ0n) is 28.0. The number of rotatable bonds is 9. The Kier molecular flexibility index (Phi) is 12.1. The molecule has 10 nitrogen and oxygen atoms in total. The summed E-state index contributed by atoms with van der Waals surface area (Å²) in [5, 5.41) is 0. The highest BCUT2D eigenvalue weighted by Gasteiger charge is 2.37. The van der Waals surface area contributed by atoms with E-state index in [-0.39, 0.29) is 57.2 Å². The molecule has 50 heavy (non-hydrogen) atoms. The number of methoxy groups -OCH3 is 2. The SMILES string of the molecule is COc1cc(C(C)C)c(OS(=O)(=O)c2ccc(C)cc2)cc1C(F)(F)F.COc1cc(C(C)C)c(Oc2cnc(N)nc2N)cc1C(F)(F)F. The van der Waals surface area contributed by atoms with Crippen molar-refractivity contribution in [1.29, 1.82) is 0 Å². The summed E-state index contributed by atoms with van der Waals surface area (Å²) in [6.07, 6.45) is -8.10. The highest BCUT2D eigenvalue weighted by molar-refractivity contribution is 7.87. The predicted molar refractivity (Wildman–Crippen MR) is 174 cm³/mol. The molecular formula is C33H36F6N4O6S. The minimum atomic E-state index is -4.72. The summed E-state index contributed by atoms with van der Waals surface area (Å²) in [5.41, 5.74) is 10.7. The van der Waals surface area contributed by atoms with Crippen molar-refractivity contribution in [3.63, 3.8) is 0 Å². The Morgan fingerprint density at radius 2 is 1.16 bits per heavy atom. The van der Waals surface area contributed by atoms with Gasteiger partial charge in [0.2, 0.25) is 5.95 Å². The van der Waals surface area contributed by atoms with Crippen molar-refractivity contribution >= 4 is 21.9 Å². The van der Waals surface area contributed by atoms with Crippen LogP contribution >= 0.6 is 0 Å². The molecule has 0 saturated heterocycles. The van der Waals surface area contributed by atoms with E-state index in [1.165, 1.54) is 31.5 Å². The number of ether oxygens (including phenoxy) is 3. The minimum absolute atomic E-state index is 0.00167. The number of alkyl halides is 6. The molecule has 0 unspecified atom stereocenters. The standard InChI is InChI=1S/C18H19F3O4S.C15H17F3N4O2/c1-11(2)14-9-17(24-4)15(18(19,20)21)10-16(14)25-26(22,23)13-7-5-12(3)6-8-13;1-7(2)8-4-11(23-3)9(15(16,17)18)5-10(8)24-12-6-21-14(20)22-13(12)19/h5-11H,1-4H3;4-7H,1-3H3,(H4,19,20,21,22). The Labute approximate surface area is 285 Å². The molecule has 0 atom stereocenters. The molecule has 4 N–H and O–H groups in total. The van der Waals surface area contributed by atoms with Crippen molar-refractivity contribution in [3.8, 4) is 28.7 Å². The molecular weight excluding hydrogens is 694 g/mol. The Morgan fingerprint density at radius 1 is 0.700 bits per heavy atom. The van der Waals surface area contributed by atoms with Crippen molar-refractivity contribution in [2.45, 2.75) is 63.7 Å². The lowest BCUT2D eigenvalue weighted by molar-refractivity contribution is -0.139. The Hall–Kier alpha value is -4.93. The van der Waals surface area contributed by atoms with Crippen LogP contribution in [0.25, 0.3) is 0 Å². The molecule has 0 aliphatic rings. The maximum absolute atomic E-state index is 13.3. The third kappa shape index (κ3) is 9.61. The van der Waals surface area contributed by atoms with Gasteiger partial charge in [0, 0.05) is 11.1 Å². The number of hydrogen-bond acceptors (Lipinski definition) is 10. The monoisotopic (exact) mass is 730 g/mol. The maximum atomic E-state index is 13.3. The fourth-order valence-corrected chi connectivity index (χ4v) is 5.41. The van der Waals surface area contributed by atoms with Gasteiger partial charge in [0.05, 0.1) is 20.4 Å². The van der Waals surface area contributed by atoms with E-state index < -0.39 is 33.6 Å². The van der Waals surface area contributed by atoms with Crippen molar-refractivity contribution in [3.05, 3.63) is 82.5 Å². The van der Waals surface area contributed by atoms with Crippen LogP contribution in [-0.4, -0.2) is 32.6 Å². The molecule has 0 aliphatic heterocycles. The number of hydrogen-bond donors (Lipinski definition) is 2. The number of nitrogens with two attached hydrogens (primary N) is 2. The van der Waals surface area contributed by atoms with Crippen LogP contribution in [-0.2, 0) is 22.5 Å². The third-order valence-corrected chi connectivity index (χ3v) is 8.30. The van der Waals surface area contributed by atoms with E-state index in [1.54, 1.807) is 32.9 Å². The highest BCUT2D eigenvalue weighted by atomic mass is 32.2. The molecule has 1 aromatic heterocycles. The Balaban J connectivity index is 0.000000271. The van der Waals surface area contributed by atoms with Crippen molar-refractivity contribution in [1.82, 2.24) is 9.97 Å². The maximum Gasteiger partial charge on any atom is 0.420 e. The first-order valence-electron chi connectivity index (χ1n) is 14.7. The highest BCUT2D eigenvalue weighted by Crippen LogP contribution is 2.44. The summed E-state index contributed by atoms with van der Waals surface area (Å²) in [7, 11) is -1.97. The fourth-order valence-electron chi connectivity index (χ4n) is 4.46. The Bertz CT molecular complexity index is 1920. The number of benzene rings is 3. The second-order valence-electron chi connectivity index (χ2n) is 11.4. The van der Waals surface area contributed by atoms with Gasteiger partial charge >= 0.3 is 22.5 Å². The molecule has 0 bridgehead atoms. The molecule has 0 spiro atoms. The van der Waals surface area contributed by atoms with Gasteiger partial charge in [-0.15, -0.1) is 0 Å². The first-order chi connectivity index (χ1) is 23.1. The number of anilines is 2. The largest absolute Gasteiger partial charge is 0.496 e. The molecule has 0 saturated carbocycles. The summed E-state index contributed by atoms with van der Waals surface area (Å²) >= 11 is 0. The van der Waals surface area contributed by atoms with E-state index in [1.807, 2.05) is 13.8 Å². The summed E-state index contributed by atoms with van der Waals surface area (Å²) in [6, 6.07) is 9.85. The third-order valence-electron chi connectivity index (χ3n) is 7.05.